The van der Waals surface area contributed by atoms with Crippen LogP contribution < -0.4 is 10.2 Å². The smallest absolute Gasteiger partial charge is 0.335 e. The van der Waals surface area contributed by atoms with E-state index in [1.54, 1.807) is 6.07 Å². The summed E-state index contributed by atoms with van der Waals surface area (Å²) in [7, 11) is 0. The van der Waals surface area contributed by atoms with Crippen molar-refractivity contribution in [1.29, 1.82) is 0 Å². The number of aromatic carboxylic acids is 1. The molecule has 0 spiro atoms. The first-order chi connectivity index (χ1) is 11.5. The van der Waals surface area contributed by atoms with Crippen LogP contribution in [0.4, 0.5) is 0 Å². The molecule has 0 saturated heterocycles. The van der Waals surface area contributed by atoms with Gasteiger partial charge in [-0.25, -0.2) is 4.79 Å². The minimum Gasteiger partial charge on any atom is -0.494 e. The van der Waals surface area contributed by atoms with Crippen LogP contribution >= 0.6 is 11.8 Å². The van der Waals surface area contributed by atoms with Crippen LogP contribution in [0.1, 0.15) is 23.7 Å². The van der Waals surface area contributed by atoms with Gasteiger partial charge in [-0.3, -0.25) is 4.79 Å². The molecule has 1 N–H and O–H groups in total. The molecule has 0 bridgehead atoms. The Morgan fingerprint density at radius 3 is 2.71 bits per heavy atom. The van der Waals surface area contributed by atoms with E-state index in [2.05, 4.69) is 0 Å². The van der Waals surface area contributed by atoms with Crippen LogP contribution in [0.25, 0.3) is 21.9 Å². The molecule has 0 unspecified atom stereocenters. The highest BCUT2D eigenvalue weighted by atomic mass is 32.2. The molecular weight excluding hydrogens is 328 g/mol. The van der Waals surface area contributed by atoms with Gasteiger partial charge in [0.1, 0.15) is 11.3 Å². The second-order valence-electron chi connectivity index (χ2n) is 5.30. The number of rotatable bonds is 5. The van der Waals surface area contributed by atoms with E-state index >= 15 is 0 Å². The number of fused-ring (bicyclic) bond motifs is 2. The van der Waals surface area contributed by atoms with Gasteiger partial charge < -0.3 is 14.3 Å². The monoisotopic (exact) mass is 344 g/mol. The molecule has 5 nitrogen and oxygen atoms in total. The summed E-state index contributed by atoms with van der Waals surface area (Å²) in [6.45, 7) is 2.56. The highest BCUT2D eigenvalue weighted by Crippen LogP contribution is 2.32. The summed E-state index contributed by atoms with van der Waals surface area (Å²) in [4.78, 5) is 24.8. The third-order valence-corrected chi connectivity index (χ3v) is 4.39. The number of carboxylic acid groups (broad SMARTS) is 1. The van der Waals surface area contributed by atoms with E-state index in [-0.39, 0.29) is 16.4 Å². The third kappa shape index (κ3) is 2.85. The number of benzene rings is 2. The lowest BCUT2D eigenvalue weighted by atomic mass is 10.1. The Kier molecular flexibility index (Phi) is 4.49. The van der Waals surface area contributed by atoms with Gasteiger partial charge in [0.25, 0.3) is 0 Å². The van der Waals surface area contributed by atoms with Crippen molar-refractivity contribution in [2.45, 2.75) is 18.2 Å². The summed E-state index contributed by atoms with van der Waals surface area (Å²) in [5, 5.41) is 9.76. The van der Waals surface area contributed by atoms with Gasteiger partial charge in [-0.2, -0.15) is 0 Å². The Hall–Kier alpha value is -2.47. The van der Waals surface area contributed by atoms with Crippen LogP contribution in [-0.2, 0) is 0 Å². The van der Waals surface area contributed by atoms with Crippen molar-refractivity contribution in [1.82, 2.24) is 0 Å². The number of carbonyl (C=O) groups is 1. The predicted octanol–water partition coefficient (Wildman–Crippen LogP) is 4.16. The van der Waals surface area contributed by atoms with E-state index in [1.165, 1.54) is 30.0 Å². The largest absolute Gasteiger partial charge is 0.494 e. The zero-order valence-corrected chi connectivity index (χ0v) is 14.1. The zero-order valence-electron chi connectivity index (χ0n) is 13.3. The van der Waals surface area contributed by atoms with Gasteiger partial charge in [0, 0.05) is 0 Å². The molecule has 2 aromatic carbocycles. The van der Waals surface area contributed by atoms with Crippen molar-refractivity contribution in [2.24, 2.45) is 0 Å². The van der Waals surface area contributed by atoms with E-state index in [0.29, 0.717) is 28.9 Å². The summed E-state index contributed by atoms with van der Waals surface area (Å²) < 4.78 is 11.5. The molecule has 0 amide bonds. The Morgan fingerprint density at radius 1 is 1.25 bits per heavy atom. The third-order valence-electron chi connectivity index (χ3n) is 3.65. The predicted molar refractivity (Wildman–Crippen MR) is 94.5 cm³/mol. The zero-order chi connectivity index (χ0) is 17.3. The molecule has 0 radical (unpaired) electrons. The number of hydrogen-bond acceptors (Lipinski definition) is 5. The molecule has 0 aliphatic carbocycles. The molecule has 0 saturated carbocycles. The lowest BCUT2D eigenvalue weighted by Gasteiger charge is -2.10. The van der Waals surface area contributed by atoms with Gasteiger partial charge in [-0.05, 0) is 43.0 Å². The maximum Gasteiger partial charge on any atom is 0.335 e. The lowest BCUT2D eigenvalue weighted by Crippen LogP contribution is -2.06. The summed E-state index contributed by atoms with van der Waals surface area (Å²) >= 11 is 1.46. The van der Waals surface area contributed by atoms with Gasteiger partial charge in [0.05, 0.1) is 27.8 Å². The number of hydrogen-bond donors (Lipinski definition) is 1. The number of thioether (sulfide) groups is 1. The summed E-state index contributed by atoms with van der Waals surface area (Å²) in [6, 6.07) is 7.80. The molecule has 1 heterocycles. The summed E-state index contributed by atoms with van der Waals surface area (Å²) in [5.41, 5.74) is 0.658. The molecule has 24 heavy (non-hydrogen) atoms. The van der Waals surface area contributed by atoms with Gasteiger partial charge in [-0.15, -0.1) is 11.8 Å². The van der Waals surface area contributed by atoms with E-state index in [1.807, 2.05) is 19.2 Å². The summed E-state index contributed by atoms with van der Waals surface area (Å²) in [5.74, 6) is -0.476. The SMILES string of the molecule is CCCOc1cc(SC)c2oc3ccc(C(=O)O)cc3c(=O)c2c1. The van der Waals surface area contributed by atoms with Crippen LogP contribution in [0.3, 0.4) is 0 Å². The molecule has 0 aliphatic rings. The first-order valence-corrected chi connectivity index (χ1v) is 8.72. The van der Waals surface area contributed by atoms with Crippen LogP contribution in [-0.4, -0.2) is 23.9 Å². The summed E-state index contributed by atoms with van der Waals surface area (Å²) in [6.07, 6.45) is 2.76. The van der Waals surface area contributed by atoms with E-state index in [9.17, 15) is 9.59 Å². The van der Waals surface area contributed by atoms with Crippen LogP contribution in [0.5, 0.6) is 5.75 Å². The fourth-order valence-corrected chi connectivity index (χ4v) is 3.06. The fourth-order valence-electron chi connectivity index (χ4n) is 2.49. The Bertz CT molecular complexity index is 990. The van der Waals surface area contributed by atoms with E-state index < -0.39 is 5.97 Å². The molecule has 3 rings (SSSR count). The Labute approximate surface area is 142 Å². The molecule has 3 aromatic rings. The van der Waals surface area contributed by atoms with Crippen molar-refractivity contribution in [3.8, 4) is 5.75 Å². The van der Waals surface area contributed by atoms with Gasteiger partial charge in [0.15, 0.2) is 5.58 Å². The molecular formula is C18H16O5S. The maximum absolute atomic E-state index is 12.8. The average Bonchev–Trinajstić information content (AvgIpc) is 2.59. The lowest BCUT2D eigenvalue weighted by molar-refractivity contribution is 0.0697. The standard InChI is InChI=1S/C18H16O5S/c1-3-6-22-11-8-13-16(19)12-7-10(18(20)21)4-5-14(12)23-17(13)15(9-11)24-2/h4-5,7-9H,3,6H2,1-2H3,(H,20,21). The van der Waals surface area contributed by atoms with E-state index in [0.717, 1.165) is 11.3 Å². The average molecular weight is 344 g/mol. The molecule has 6 heteroatoms. The molecule has 124 valence electrons. The van der Waals surface area contributed by atoms with Crippen LogP contribution in [0, 0.1) is 0 Å². The van der Waals surface area contributed by atoms with Gasteiger partial charge in [0.2, 0.25) is 5.43 Å². The van der Waals surface area contributed by atoms with Crippen LogP contribution in [0.15, 0.2) is 44.4 Å². The Balaban J connectivity index is 2.33. The van der Waals surface area contributed by atoms with E-state index in [4.69, 9.17) is 14.3 Å². The first kappa shape index (κ1) is 16.4. The van der Waals surface area contributed by atoms with Crippen molar-refractivity contribution >= 4 is 39.7 Å². The van der Waals surface area contributed by atoms with Crippen molar-refractivity contribution in [2.75, 3.05) is 12.9 Å². The van der Waals surface area contributed by atoms with Crippen LogP contribution in [0.2, 0.25) is 0 Å². The maximum atomic E-state index is 12.8. The molecule has 1 aromatic heterocycles. The van der Waals surface area contributed by atoms with Crippen molar-refractivity contribution in [3.63, 3.8) is 0 Å². The highest BCUT2D eigenvalue weighted by molar-refractivity contribution is 7.98. The van der Waals surface area contributed by atoms with Crippen molar-refractivity contribution in [3.05, 3.63) is 46.1 Å². The quantitative estimate of drug-likeness (QED) is 0.553. The number of ether oxygens (including phenoxy) is 1. The minimum atomic E-state index is -1.08. The fraction of sp³-hybridized carbons (Fsp3) is 0.222. The first-order valence-electron chi connectivity index (χ1n) is 7.50. The second kappa shape index (κ2) is 6.57. The van der Waals surface area contributed by atoms with Gasteiger partial charge >= 0.3 is 5.97 Å². The topological polar surface area (TPSA) is 76.7 Å². The van der Waals surface area contributed by atoms with Gasteiger partial charge in [-0.1, -0.05) is 6.92 Å². The number of carboxylic acids is 1. The highest BCUT2D eigenvalue weighted by Gasteiger charge is 2.15. The van der Waals surface area contributed by atoms with Crippen molar-refractivity contribution < 1.29 is 19.1 Å². The minimum absolute atomic E-state index is 0.0534. The molecule has 0 aliphatic heterocycles. The second-order valence-corrected chi connectivity index (χ2v) is 6.15. The molecule has 0 atom stereocenters. The molecule has 0 fully saturated rings. The normalized spacial score (nSPS) is 11.1. The Morgan fingerprint density at radius 2 is 2.04 bits per heavy atom.